The first kappa shape index (κ1) is 6.36. The average Bonchev–Trinajstić information content (AvgIpc) is 1.90. The Kier molecular flexibility index (Phi) is 1.90. The lowest BCUT2D eigenvalue weighted by Crippen LogP contribution is -1.79. The Morgan fingerprint density at radius 1 is 1.22 bits per heavy atom. The van der Waals surface area contributed by atoms with Crippen LogP contribution in [0.5, 0.6) is 5.75 Å². The summed E-state index contributed by atoms with van der Waals surface area (Å²) >= 11 is 0. The van der Waals surface area contributed by atoms with Crippen LogP contribution in [0.25, 0.3) is 0 Å². The predicted molar refractivity (Wildman–Crippen MR) is 41.7 cm³/mol. The van der Waals surface area contributed by atoms with Gasteiger partial charge >= 0.3 is 0 Å². The quantitative estimate of drug-likeness (QED) is 0.552. The van der Waals surface area contributed by atoms with E-state index >= 15 is 0 Å². The maximum Gasteiger partial charge on any atom is 0.115 e. The Morgan fingerprint density at radius 3 is 2.22 bits per heavy atom. The molecule has 1 rings (SSSR count). The molecule has 0 bridgehead atoms. The van der Waals surface area contributed by atoms with E-state index < -0.39 is 0 Å². The third-order valence-electron chi connectivity index (χ3n) is 1.34. The van der Waals surface area contributed by atoms with Gasteiger partial charge in [0.25, 0.3) is 0 Å². The number of rotatable bonds is 1. The lowest BCUT2D eigenvalue weighted by Gasteiger charge is -1.93. The van der Waals surface area contributed by atoms with Crippen LogP contribution in [0.2, 0.25) is 0 Å². The van der Waals surface area contributed by atoms with Crippen molar-refractivity contribution in [3.05, 3.63) is 29.8 Å². The zero-order valence-electron chi connectivity index (χ0n) is 5.46. The molecule has 0 radical (unpaired) electrons. The Bertz CT molecular complexity index is 181. The minimum atomic E-state index is 0.355. The second-order valence-corrected chi connectivity index (χ2v) is 2.73. The summed E-state index contributed by atoms with van der Waals surface area (Å²) in [6, 6.07) is 8.55. The van der Waals surface area contributed by atoms with Crippen molar-refractivity contribution in [2.45, 2.75) is 6.04 Å². The van der Waals surface area contributed by atoms with Gasteiger partial charge in [0.15, 0.2) is 0 Å². The second-order valence-electron chi connectivity index (χ2n) is 2.02. The number of phenolic OH excluding ortho intramolecular Hbond substituents is 1. The fraction of sp³-hybridized carbons (Fsp3) is 0.143. The van der Waals surface area contributed by atoms with Gasteiger partial charge in [0.05, 0.1) is 0 Å². The van der Waals surface area contributed by atoms with E-state index in [1.807, 2.05) is 12.1 Å². The summed E-state index contributed by atoms with van der Waals surface area (Å²) in [7, 11) is 1.19. The number of phenols is 1. The van der Waals surface area contributed by atoms with Crippen LogP contribution in [0.1, 0.15) is 5.56 Å². The fourth-order valence-electron chi connectivity index (χ4n) is 0.732. The van der Waals surface area contributed by atoms with E-state index in [9.17, 15) is 0 Å². The van der Waals surface area contributed by atoms with Gasteiger partial charge in [0, 0.05) is 10.2 Å². The molecule has 0 saturated heterocycles. The van der Waals surface area contributed by atoms with Gasteiger partial charge in [-0.3, -0.25) is 0 Å². The number of aromatic hydroxyl groups is 1. The summed E-state index contributed by atoms with van der Waals surface area (Å²) in [5, 5.41) is 8.86. The van der Waals surface area contributed by atoms with Gasteiger partial charge in [-0.25, -0.2) is 0 Å². The number of benzene rings is 1. The topological polar surface area (TPSA) is 20.2 Å². The first-order valence-electron chi connectivity index (χ1n) is 3.11. The molecule has 0 spiro atoms. The van der Waals surface area contributed by atoms with Crippen LogP contribution in [0.15, 0.2) is 24.3 Å². The highest BCUT2D eigenvalue weighted by Gasteiger charge is 1.86. The van der Waals surface area contributed by atoms with Gasteiger partial charge in [-0.1, -0.05) is 17.7 Å². The Balaban J connectivity index is 2.88. The van der Waals surface area contributed by atoms with Crippen LogP contribution in [0, 0.1) is 0 Å². The molecule has 0 amide bonds. The zero-order chi connectivity index (χ0) is 6.69. The first-order valence-corrected chi connectivity index (χ1v) is 4.52. The Morgan fingerprint density at radius 2 is 1.78 bits per heavy atom. The van der Waals surface area contributed by atoms with Crippen molar-refractivity contribution in [3.63, 3.8) is 0 Å². The van der Waals surface area contributed by atoms with E-state index in [-0.39, 0.29) is 0 Å². The van der Waals surface area contributed by atoms with E-state index in [1.54, 1.807) is 12.1 Å². The molecular weight excluding hydrogens is 128 g/mol. The molecule has 0 aliphatic carbocycles. The number of hydrogen-bond acceptors (Lipinski definition) is 1. The summed E-state index contributed by atoms with van der Waals surface area (Å²) in [5.74, 6) is 0.355. The van der Waals surface area contributed by atoms with Gasteiger partial charge in [-0.05, 0) is 18.2 Å². The third kappa shape index (κ3) is 1.57. The molecule has 48 valence electrons. The Labute approximate surface area is 57.8 Å². The van der Waals surface area contributed by atoms with Crippen LogP contribution in [-0.4, -0.2) is 15.3 Å². The van der Waals surface area contributed by atoms with Gasteiger partial charge in [0.1, 0.15) is 5.75 Å². The molecule has 0 unspecified atom stereocenters. The first-order chi connectivity index (χ1) is 4.33. The minimum absolute atomic E-state index is 0.355. The lowest BCUT2D eigenvalue weighted by atomic mass is 10.2. The molecule has 1 nitrogen and oxygen atoms in total. The Hall–Kier alpha value is -0.763. The largest absolute Gasteiger partial charge is 0.508 e. The standard InChI is InChI=1S/C7H10OSi/c8-7-3-1-6(5-9)2-4-7/h1-4,8H,5H2,9H3. The molecule has 0 aliphatic heterocycles. The maximum atomic E-state index is 8.86. The monoisotopic (exact) mass is 138 g/mol. The van der Waals surface area contributed by atoms with E-state index in [0.29, 0.717) is 5.75 Å². The SMILES string of the molecule is Oc1ccc(C[SiH3])cc1. The maximum absolute atomic E-state index is 8.86. The molecule has 0 fully saturated rings. The summed E-state index contributed by atoms with van der Waals surface area (Å²) in [6.45, 7) is 0. The summed E-state index contributed by atoms with van der Waals surface area (Å²) in [5.41, 5.74) is 1.32. The van der Waals surface area contributed by atoms with Gasteiger partial charge in [-0.2, -0.15) is 0 Å². The number of hydrogen-bond donors (Lipinski definition) is 1. The van der Waals surface area contributed by atoms with E-state index in [2.05, 4.69) is 0 Å². The fourth-order valence-corrected chi connectivity index (χ4v) is 1.20. The molecule has 9 heavy (non-hydrogen) atoms. The molecule has 2 heteroatoms. The molecule has 0 saturated carbocycles. The van der Waals surface area contributed by atoms with Crippen LogP contribution < -0.4 is 0 Å². The van der Waals surface area contributed by atoms with Gasteiger partial charge < -0.3 is 5.11 Å². The van der Waals surface area contributed by atoms with Crippen molar-refractivity contribution in [1.29, 1.82) is 0 Å². The molecule has 1 aromatic rings. The molecule has 0 aromatic heterocycles. The van der Waals surface area contributed by atoms with Crippen molar-refractivity contribution < 1.29 is 5.11 Å². The highest BCUT2D eigenvalue weighted by Crippen LogP contribution is 2.08. The highest BCUT2D eigenvalue weighted by molar-refractivity contribution is 6.08. The zero-order valence-corrected chi connectivity index (χ0v) is 7.46. The summed E-state index contributed by atoms with van der Waals surface area (Å²) in [4.78, 5) is 0. The summed E-state index contributed by atoms with van der Waals surface area (Å²) in [6.07, 6.45) is 0. The molecule has 0 aliphatic rings. The van der Waals surface area contributed by atoms with Crippen molar-refractivity contribution in [3.8, 4) is 5.75 Å². The molecular formula is C7H10OSi. The minimum Gasteiger partial charge on any atom is -0.508 e. The van der Waals surface area contributed by atoms with Gasteiger partial charge in [0.2, 0.25) is 0 Å². The molecule has 1 aromatic carbocycles. The molecule has 1 N–H and O–H groups in total. The van der Waals surface area contributed by atoms with E-state index in [4.69, 9.17) is 5.11 Å². The summed E-state index contributed by atoms with van der Waals surface area (Å²) < 4.78 is 0. The van der Waals surface area contributed by atoms with Crippen LogP contribution in [0.4, 0.5) is 0 Å². The second kappa shape index (κ2) is 2.69. The van der Waals surface area contributed by atoms with E-state index in [0.717, 1.165) is 0 Å². The van der Waals surface area contributed by atoms with Crippen molar-refractivity contribution in [1.82, 2.24) is 0 Å². The molecule has 0 atom stereocenters. The normalized spacial score (nSPS) is 9.78. The van der Waals surface area contributed by atoms with Crippen LogP contribution >= 0.6 is 0 Å². The van der Waals surface area contributed by atoms with Crippen LogP contribution in [-0.2, 0) is 6.04 Å². The lowest BCUT2D eigenvalue weighted by molar-refractivity contribution is 0.475. The predicted octanol–water partition coefficient (Wildman–Crippen LogP) is 0.258. The third-order valence-corrected chi connectivity index (χ3v) is 2.16. The van der Waals surface area contributed by atoms with Crippen molar-refractivity contribution in [2.75, 3.05) is 0 Å². The van der Waals surface area contributed by atoms with Crippen LogP contribution in [0.3, 0.4) is 0 Å². The molecule has 0 heterocycles. The average molecular weight is 138 g/mol. The van der Waals surface area contributed by atoms with E-state index in [1.165, 1.54) is 21.9 Å². The van der Waals surface area contributed by atoms with Crippen molar-refractivity contribution >= 4 is 10.2 Å². The highest BCUT2D eigenvalue weighted by atomic mass is 28.1. The van der Waals surface area contributed by atoms with Crippen molar-refractivity contribution in [2.24, 2.45) is 0 Å². The smallest absolute Gasteiger partial charge is 0.115 e. The van der Waals surface area contributed by atoms with Gasteiger partial charge in [-0.15, -0.1) is 0 Å².